The van der Waals surface area contributed by atoms with Crippen LogP contribution in [0, 0.1) is 0 Å². The van der Waals surface area contributed by atoms with Gasteiger partial charge in [0.25, 0.3) is 0 Å². The maximum atomic E-state index is 11.9. The minimum absolute atomic E-state index is 0.290. The monoisotopic (exact) mass is 285 g/mol. The number of pyridine rings is 1. The molecule has 1 aromatic carbocycles. The Bertz CT molecular complexity index is 587. The summed E-state index contributed by atoms with van der Waals surface area (Å²) in [5.41, 5.74) is 7.73. The summed E-state index contributed by atoms with van der Waals surface area (Å²) < 4.78 is 4.85. The van der Waals surface area contributed by atoms with Crippen molar-refractivity contribution in [2.75, 3.05) is 12.8 Å². The van der Waals surface area contributed by atoms with Crippen LogP contribution in [0.1, 0.15) is 11.1 Å². The molecule has 3 N–H and O–H groups in total. The molecular formula is C16H19N3O2. The van der Waals surface area contributed by atoms with E-state index in [0.29, 0.717) is 18.8 Å². The topological polar surface area (TPSA) is 77.2 Å². The first-order chi connectivity index (χ1) is 10.2. The fraction of sp³-hybridized carbons (Fsp3) is 0.250. The summed E-state index contributed by atoms with van der Waals surface area (Å²) in [5, 5.41) is 3.18. The average molecular weight is 285 g/mol. The number of hydrogen-bond acceptors (Lipinski definition) is 5. The lowest BCUT2D eigenvalue weighted by atomic mass is 10.1. The molecule has 0 saturated heterocycles. The number of hydrogen-bond donors (Lipinski definition) is 2. The van der Waals surface area contributed by atoms with E-state index < -0.39 is 6.04 Å². The Hall–Kier alpha value is -2.40. The molecule has 0 bridgehead atoms. The Morgan fingerprint density at radius 1 is 1.29 bits per heavy atom. The summed E-state index contributed by atoms with van der Waals surface area (Å²) in [4.78, 5) is 15.9. The molecule has 0 aliphatic carbocycles. The lowest BCUT2D eigenvalue weighted by molar-refractivity contribution is -0.143. The van der Waals surface area contributed by atoms with E-state index in [1.807, 2.05) is 42.5 Å². The molecule has 0 fully saturated rings. The number of ether oxygens (including phenoxy) is 1. The molecule has 21 heavy (non-hydrogen) atoms. The largest absolute Gasteiger partial charge is 0.468 e. The van der Waals surface area contributed by atoms with Gasteiger partial charge in [0.2, 0.25) is 0 Å². The predicted molar refractivity (Wildman–Crippen MR) is 81.4 cm³/mol. The second-order valence-corrected chi connectivity index (χ2v) is 4.69. The number of nitrogens with one attached hydrogen (secondary N) is 1. The van der Waals surface area contributed by atoms with Crippen molar-refractivity contribution in [2.45, 2.75) is 19.0 Å². The molecule has 0 aliphatic heterocycles. The highest BCUT2D eigenvalue weighted by molar-refractivity contribution is 5.76. The average Bonchev–Trinajstić information content (AvgIpc) is 2.53. The van der Waals surface area contributed by atoms with E-state index in [4.69, 9.17) is 10.5 Å². The minimum atomic E-state index is -0.419. The number of nitrogen functional groups attached to an aromatic ring is 1. The Morgan fingerprint density at radius 2 is 2.05 bits per heavy atom. The van der Waals surface area contributed by atoms with Gasteiger partial charge >= 0.3 is 5.97 Å². The van der Waals surface area contributed by atoms with Gasteiger partial charge < -0.3 is 10.5 Å². The van der Waals surface area contributed by atoms with Crippen molar-refractivity contribution >= 4 is 11.8 Å². The van der Waals surface area contributed by atoms with Crippen LogP contribution in [0.25, 0.3) is 0 Å². The third-order valence-corrected chi connectivity index (χ3v) is 3.23. The van der Waals surface area contributed by atoms with Crippen LogP contribution in [0.4, 0.5) is 5.82 Å². The van der Waals surface area contributed by atoms with Gasteiger partial charge in [0.1, 0.15) is 11.9 Å². The highest BCUT2D eigenvalue weighted by Gasteiger charge is 2.19. The second-order valence-electron chi connectivity index (χ2n) is 4.69. The molecule has 0 spiro atoms. The van der Waals surface area contributed by atoms with E-state index in [9.17, 15) is 4.79 Å². The number of esters is 1. The van der Waals surface area contributed by atoms with E-state index in [-0.39, 0.29) is 5.97 Å². The molecule has 1 unspecified atom stereocenters. The molecule has 2 rings (SSSR count). The molecular weight excluding hydrogens is 266 g/mol. The molecule has 0 aliphatic rings. The maximum Gasteiger partial charge on any atom is 0.323 e. The van der Waals surface area contributed by atoms with E-state index in [2.05, 4.69) is 10.3 Å². The van der Waals surface area contributed by atoms with Crippen molar-refractivity contribution < 1.29 is 9.53 Å². The van der Waals surface area contributed by atoms with Crippen molar-refractivity contribution in [2.24, 2.45) is 0 Å². The van der Waals surface area contributed by atoms with Crippen LogP contribution in [-0.4, -0.2) is 24.1 Å². The maximum absolute atomic E-state index is 11.9. The molecule has 0 radical (unpaired) electrons. The van der Waals surface area contributed by atoms with Gasteiger partial charge in [0.05, 0.1) is 7.11 Å². The van der Waals surface area contributed by atoms with Crippen molar-refractivity contribution in [3.05, 3.63) is 59.8 Å². The number of carbonyl (C=O) groups excluding carboxylic acids is 1. The second kappa shape index (κ2) is 7.40. The fourth-order valence-corrected chi connectivity index (χ4v) is 2.06. The highest BCUT2D eigenvalue weighted by Crippen LogP contribution is 2.09. The number of aromatic nitrogens is 1. The lowest BCUT2D eigenvalue weighted by Gasteiger charge is -2.17. The number of benzene rings is 1. The Morgan fingerprint density at radius 3 is 2.71 bits per heavy atom. The van der Waals surface area contributed by atoms with Crippen LogP contribution in [0.2, 0.25) is 0 Å². The number of carbonyl (C=O) groups is 1. The highest BCUT2D eigenvalue weighted by atomic mass is 16.5. The summed E-state index contributed by atoms with van der Waals surface area (Å²) >= 11 is 0. The molecule has 1 aromatic heterocycles. The van der Waals surface area contributed by atoms with Crippen LogP contribution in [-0.2, 0) is 22.5 Å². The van der Waals surface area contributed by atoms with Gasteiger partial charge in [0.15, 0.2) is 0 Å². The fourth-order valence-electron chi connectivity index (χ4n) is 2.06. The summed E-state index contributed by atoms with van der Waals surface area (Å²) in [6, 6.07) is 13.1. The molecule has 110 valence electrons. The van der Waals surface area contributed by atoms with Gasteiger partial charge in [-0.1, -0.05) is 36.4 Å². The molecule has 2 aromatic rings. The number of nitrogens with zero attached hydrogens (tertiary/aromatic N) is 1. The minimum Gasteiger partial charge on any atom is -0.468 e. The van der Waals surface area contributed by atoms with Gasteiger partial charge in [-0.25, -0.2) is 4.98 Å². The van der Waals surface area contributed by atoms with Crippen LogP contribution in [0.5, 0.6) is 0 Å². The van der Waals surface area contributed by atoms with Crippen LogP contribution >= 0.6 is 0 Å². The van der Waals surface area contributed by atoms with Gasteiger partial charge in [-0.15, -0.1) is 0 Å². The number of anilines is 1. The molecule has 1 heterocycles. The van der Waals surface area contributed by atoms with Crippen molar-refractivity contribution in [1.29, 1.82) is 0 Å². The summed E-state index contributed by atoms with van der Waals surface area (Å²) in [7, 11) is 1.39. The Kier molecular flexibility index (Phi) is 5.29. The molecule has 5 nitrogen and oxygen atoms in total. The van der Waals surface area contributed by atoms with Gasteiger partial charge in [-0.05, 0) is 18.1 Å². The molecule has 1 atom stereocenters. The van der Waals surface area contributed by atoms with Gasteiger partial charge in [-0.3, -0.25) is 10.1 Å². The van der Waals surface area contributed by atoms with Crippen LogP contribution < -0.4 is 11.1 Å². The molecule has 5 heteroatoms. The zero-order valence-corrected chi connectivity index (χ0v) is 12.0. The van der Waals surface area contributed by atoms with Crippen molar-refractivity contribution in [1.82, 2.24) is 10.3 Å². The summed E-state index contributed by atoms with van der Waals surface area (Å²) in [5.74, 6) is 0.176. The summed E-state index contributed by atoms with van der Waals surface area (Å²) in [6.45, 7) is 0.465. The third kappa shape index (κ3) is 4.29. The first-order valence-corrected chi connectivity index (χ1v) is 6.75. The third-order valence-electron chi connectivity index (χ3n) is 3.23. The lowest BCUT2D eigenvalue weighted by Crippen LogP contribution is -2.39. The van der Waals surface area contributed by atoms with E-state index in [1.165, 1.54) is 7.11 Å². The number of rotatable bonds is 6. The molecule has 0 amide bonds. The van der Waals surface area contributed by atoms with E-state index in [1.54, 1.807) is 6.20 Å². The normalized spacial score (nSPS) is 11.9. The van der Waals surface area contributed by atoms with E-state index >= 15 is 0 Å². The Balaban J connectivity index is 2.03. The first kappa shape index (κ1) is 15.0. The quantitative estimate of drug-likeness (QED) is 0.787. The van der Waals surface area contributed by atoms with Crippen LogP contribution in [0.15, 0.2) is 48.7 Å². The SMILES string of the molecule is COC(=O)C(Cc1ccccc1)NCc1cccnc1N. The predicted octanol–water partition coefficient (Wildman–Crippen LogP) is 1.54. The first-order valence-electron chi connectivity index (χ1n) is 6.75. The smallest absolute Gasteiger partial charge is 0.323 e. The summed E-state index contributed by atoms with van der Waals surface area (Å²) in [6.07, 6.45) is 2.20. The van der Waals surface area contributed by atoms with Crippen molar-refractivity contribution in [3.8, 4) is 0 Å². The van der Waals surface area contributed by atoms with Crippen molar-refractivity contribution in [3.63, 3.8) is 0 Å². The zero-order valence-electron chi connectivity index (χ0n) is 12.0. The zero-order chi connectivity index (χ0) is 15.1. The van der Waals surface area contributed by atoms with Gasteiger partial charge in [-0.2, -0.15) is 0 Å². The standard InChI is InChI=1S/C16H19N3O2/c1-21-16(20)14(10-12-6-3-2-4-7-12)19-11-13-8-5-9-18-15(13)17/h2-9,14,19H,10-11H2,1H3,(H2,17,18). The van der Waals surface area contributed by atoms with E-state index in [0.717, 1.165) is 11.1 Å². The van der Waals surface area contributed by atoms with Crippen LogP contribution in [0.3, 0.4) is 0 Å². The number of methoxy groups -OCH3 is 1. The molecule has 0 saturated carbocycles. The van der Waals surface area contributed by atoms with Gasteiger partial charge in [0, 0.05) is 18.3 Å². The number of nitrogens with two attached hydrogens (primary N) is 1. The Labute approximate surface area is 124 Å².